The van der Waals surface area contributed by atoms with E-state index in [2.05, 4.69) is 15.2 Å². The molecule has 0 aliphatic carbocycles. The van der Waals surface area contributed by atoms with E-state index in [1.54, 1.807) is 12.1 Å². The molecule has 0 saturated carbocycles. The molecule has 106 valence electrons. The number of benzene rings is 1. The third-order valence-electron chi connectivity index (χ3n) is 3.03. The van der Waals surface area contributed by atoms with E-state index in [1.165, 1.54) is 12.1 Å². The summed E-state index contributed by atoms with van der Waals surface area (Å²) in [6.45, 7) is 0. The van der Waals surface area contributed by atoms with Gasteiger partial charge in [0.15, 0.2) is 5.82 Å². The molecule has 3 aromatic rings. The van der Waals surface area contributed by atoms with E-state index in [4.69, 9.17) is 5.73 Å². The number of aromatic amines is 2. The average molecular weight is 288 g/mol. The van der Waals surface area contributed by atoms with Gasteiger partial charge in [0, 0.05) is 17.7 Å². The Morgan fingerprint density at radius 3 is 2.67 bits per heavy atom. The van der Waals surface area contributed by atoms with Crippen molar-refractivity contribution in [2.75, 3.05) is 5.73 Å². The molecule has 2 heterocycles. The highest BCUT2D eigenvalue weighted by atomic mass is 19.1. The lowest BCUT2D eigenvalue weighted by atomic mass is 10.0. The Labute approximate surface area is 117 Å². The number of halogens is 2. The number of nitrogen functional groups attached to an aromatic ring is 1. The number of H-pyrrole nitrogens is 2. The highest BCUT2D eigenvalue weighted by Crippen LogP contribution is 2.35. The van der Waals surface area contributed by atoms with Crippen LogP contribution in [0.4, 0.5) is 14.6 Å². The summed E-state index contributed by atoms with van der Waals surface area (Å²) < 4.78 is 27.0. The van der Waals surface area contributed by atoms with Gasteiger partial charge >= 0.3 is 0 Å². The maximum atomic E-state index is 14.0. The minimum Gasteiger partial charge on any atom is -0.382 e. The summed E-state index contributed by atoms with van der Waals surface area (Å²) in [5.41, 5.74) is 6.58. The van der Waals surface area contributed by atoms with Gasteiger partial charge in [-0.15, -0.1) is 0 Å². The summed E-state index contributed by atoms with van der Waals surface area (Å²) in [6.07, 6.45) is 0. The van der Waals surface area contributed by atoms with E-state index in [9.17, 15) is 13.6 Å². The molecule has 0 bridgehead atoms. The number of hydrogen-bond donors (Lipinski definition) is 3. The van der Waals surface area contributed by atoms with Crippen LogP contribution < -0.4 is 11.3 Å². The molecule has 5 nitrogen and oxygen atoms in total. The molecule has 2 aromatic heterocycles. The molecule has 1 aromatic carbocycles. The molecule has 7 heteroatoms. The lowest BCUT2D eigenvalue weighted by molar-refractivity contribution is 0.585. The van der Waals surface area contributed by atoms with E-state index >= 15 is 0 Å². The average Bonchev–Trinajstić information content (AvgIpc) is 2.81. The second-order valence-electron chi connectivity index (χ2n) is 4.41. The van der Waals surface area contributed by atoms with Gasteiger partial charge in [-0.25, -0.2) is 8.78 Å². The molecule has 0 aliphatic rings. The van der Waals surface area contributed by atoms with Crippen molar-refractivity contribution in [3.63, 3.8) is 0 Å². The first kappa shape index (κ1) is 13.0. The first-order valence-corrected chi connectivity index (χ1v) is 6.05. The van der Waals surface area contributed by atoms with Crippen molar-refractivity contribution < 1.29 is 8.78 Å². The van der Waals surface area contributed by atoms with Crippen molar-refractivity contribution in [3.05, 3.63) is 58.4 Å². The predicted molar refractivity (Wildman–Crippen MR) is 74.4 cm³/mol. The number of aromatic nitrogens is 3. The second kappa shape index (κ2) is 4.86. The van der Waals surface area contributed by atoms with Gasteiger partial charge in [0.2, 0.25) is 5.56 Å². The maximum Gasteiger partial charge on any atom is 0.248 e. The molecule has 0 saturated heterocycles. The monoisotopic (exact) mass is 288 g/mol. The van der Waals surface area contributed by atoms with E-state index in [-0.39, 0.29) is 22.5 Å². The highest BCUT2D eigenvalue weighted by Gasteiger charge is 2.18. The second-order valence-corrected chi connectivity index (χ2v) is 4.41. The molecule has 0 aliphatic heterocycles. The van der Waals surface area contributed by atoms with Crippen molar-refractivity contribution in [1.82, 2.24) is 15.2 Å². The molecule has 0 atom stereocenters. The molecule has 0 amide bonds. The lowest BCUT2D eigenvalue weighted by Crippen LogP contribution is -2.04. The Hall–Kier alpha value is -2.96. The standard InChI is InChI=1S/C14H10F2N4O/c15-7-4-5-8(9(16)6-7)12-13(19-20-14(12)17)10-2-1-3-11(21)18-10/h1-6H,(H,18,21)(H3,17,19,20). The zero-order chi connectivity index (χ0) is 15.0. The third-order valence-corrected chi connectivity index (χ3v) is 3.03. The first-order valence-electron chi connectivity index (χ1n) is 6.05. The van der Waals surface area contributed by atoms with Gasteiger partial charge < -0.3 is 10.7 Å². The number of nitrogens with one attached hydrogen (secondary N) is 2. The van der Waals surface area contributed by atoms with Crippen LogP contribution in [-0.4, -0.2) is 15.2 Å². The van der Waals surface area contributed by atoms with Crippen molar-refractivity contribution in [1.29, 1.82) is 0 Å². The number of anilines is 1. The van der Waals surface area contributed by atoms with Crippen molar-refractivity contribution in [2.24, 2.45) is 0 Å². The fourth-order valence-electron chi connectivity index (χ4n) is 2.11. The number of rotatable bonds is 2. The molecule has 0 unspecified atom stereocenters. The van der Waals surface area contributed by atoms with Gasteiger partial charge in [0.25, 0.3) is 0 Å². The Balaban J connectivity index is 2.24. The number of nitrogens with zero attached hydrogens (tertiary/aromatic N) is 1. The van der Waals surface area contributed by atoms with Crippen molar-refractivity contribution >= 4 is 5.82 Å². The Morgan fingerprint density at radius 1 is 1.14 bits per heavy atom. The smallest absolute Gasteiger partial charge is 0.248 e. The van der Waals surface area contributed by atoms with Crippen LogP contribution in [0, 0.1) is 11.6 Å². The summed E-state index contributed by atoms with van der Waals surface area (Å²) in [4.78, 5) is 14.0. The molecule has 4 N–H and O–H groups in total. The van der Waals surface area contributed by atoms with Crippen LogP contribution in [0.15, 0.2) is 41.2 Å². The Kier molecular flexibility index (Phi) is 3.02. The number of hydrogen-bond acceptors (Lipinski definition) is 3. The molecule has 21 heavy (non-hydrogen) atoms. The molecule has 0 radical (unpaired) electrons. The SMILES string of the molecule is Nc1n[nH]c(-c2cccc(=O)[nH]2)c1-c1ccc(F)cc1F. The normalized spacial score (nSPS) is 10.8. The van der Waals surface area contributed by atoms with Crippen LogP contribution in [0.1, 0.15) is 0 Å². The van der Waals surface area contributed by atoms with Crippen LogP contribution in [0.25, 0.3) is 22.5 Å². The van der Waals surface area contributed by atoms with Gasteiger partial charge in [-0.05, 0) is 18.2 Å². The fourth-order valence-corrected chi connectivity index (χ4v) is 2.11. The summed E-state index contributed by atoms with van der Waals surface area (Å²) in [5.74, 6) is -1.39. The molecular formula is C14H10F2N4O. The van der Waals surface area contributed by atoms with Crippen LogP contribution in [0.2, 0.25) is 0 Å². The summed E-state index contributed by atoms with van der Waals surface area (Å²) >= 11 is 0. The van der Waals surface area contributed by atoms with E-state index in [0.717, 1.165) is 12.1 Å². The maximum absolute atomic E-state index is 14.0. The van der Waals surface area contributed by atoms with Gasteiger partial charge in [-0.3, -0.25) is 9.89 Å². The Bertz CT molecular complexity index is 869. The van der Waals surface area contributed by atoms with Crippen molar-refractivity contribution in [3.8, 4) is 22.5 Å². The van der Waals surface area contributed by atoms with Crippen LogP contribution in [0.3, 0.4) is 0 Å². The van der Waals surface area contributed by atoms with Crippen LogP contribution in [0.5, 0.6) is 0 Å². The van der Waals surface area contributed by atoms with Gasteiger partial charge in [0.05, 0.1) is 17.0 Å². The molecule has 0 fully saturated rings. The predicted octanol–water partition coefficient (Wildman–Crippen LogP) is 2.29. The van der Waals surface area contributed by atoms with Gasteiger partial charge in [-0.2, -0.15) is 5.10 Å². The van der Waals surface area contributed by atoms with E-state index in [0.29, 0.717) is 11.4 Å². The minimum absolute atomic E-state index is 0.0558. The lowest BCUT2D eigenvalue weighted by Gasteiger charge is -2.06. The number of pyridine rings is 1. The summed E-state index contributed by atoms with van der Waals surface area (Å²) in [7, 11) is 0. The minimum atomic E-state index is -0.761. The van der Waals surface area contributed by atoms with E-state index < -0.39 is 11.6 Å². The zero-order valence-corrected chi connectivity index (χ0v) is 10.7. The Morgan fingerprint density at radius 2 is 1.95 bits per heavy atom. The zero-order valence-electron chi connectivity index (χ0n) is 10.7. The van der Waals surface area contributed by atoms with Crippen molar-refractivity contribution in [2.45, 2.75) is 0 Å². The first-order chi connectivity index (χ1) is 10.1. The molecule has 0 spiro atoms. The molecule has 3 rings (SSSR count). The quantitative estimate of drug-likeness (QED) is 0.676. The van der Waals surface area contributed by atoms with Crippen LogP contribution >= 0.6 is 0 Å². The highest BCUT2D eigenvalue weighted by molar-refractivity contribution is 5.86. The summed E-state index contributed by atoms with van der Waals surface area (Å²) in [6, 6.07) is 7.69. The largest absolute Gasteiger partial charge is 0.382 e. The molecular weight excluding hydrogens is 278 g/mol. The topological polar surface area (TPSA) is 87.6 Å². The fraction of sp³-hybridized carbons (Fsp3) is 0. The van der Waals surface area contributed by atoms with Crippen LogP contribution in [-0.2, 0) is 0 Å². The number of nitrogens with two attached hydrogens (primary N) is 1. The van der Waals surface area contributed by atoms with Gasteiger partial charge in [-0.1, -0.05) is 6.07 Å². The van der Waals surface area contributed by atoms with E-state index in [1.807, 2.05) is 0 Å². The summed E-state index contributed by atoms with van der Waals surface area (Å²) in [5, 5.41) is 6.49. The van der Waals surface area contributed by atoms with Gasteiger partial charge in [0.1, 0.15) is 11.6 Å². The third kappa shape index (κ3) is 2.29.